The highest BCUT2D eigenvalue weighted by Gasteiger charge is 2.22. The van der Waals surface area contributed by atoms with E-state index in [1.54, 1.807) is 0 Å². The van der Waals surface area contributed by atoms with Crippen molar-refractivity contribution >= 4 is 19.8 Å². The molecule has 2 N–H and O–H groups in total. The van der Waals surface area contributed by atoms with Crippen LogP contribution in [0.2, 0.25) is 0 Å². The number of unbranched alkanes of at least 4 members (excludes halogenated alkanes) is 18. The minimum absolute atomic E-state index is 0.218. The third-order valence-electron chi connectivity index (χ3n) is 6.63. The highest BCUT2D eigenvalue weighted by molar-refractivity contribution is 7.46. The summed E-state index contributed by atoms with van der Waals surface area (Å²) in [6.07, 6.45) is 22.6. The molecule has 0 aromatic carbocycles. The van der Waals surface area contributed by atoms with Gasteiger partial charge in [0.15, 0.2) is 6.10 Å². The van der Waals surface area contributed by atoms with Gasteiger partial charge in [0.25, 0.3) is 0 Å². The van der Waals surface area contributed by atoms with Crippen molar-refractivity contribution in [3.8, 4) is 0 Å². The van der Waals surface area contributed by atoms with Gasteiger partial charge in [0, 0.05) is 12.8 Å². The zero-order chi connectivity index (χ0) is 28.3. The Kier molecular flexibility index (Phi) is 25.6. The fraction of sp³-hybridized carbons (Fsp3) is 0.931. The molecule has 0 fully saturated rings. The molecule has 0 spiro atoms. The number of phosphoric ester groups is 1. The summed E-state index contributed by atoms with van der Waals surface area (Å²) in [5.74, 6) is -0.883. The molecule has 226 valence electrons. The van der Waals surface area contributed by atoms with Crippen LogP contribution in [-0.4, -0.2) is 41.0 Å². The van der Waals surface area contributed by atoms with Crippen LogP contribution in [0.15, 0.2) is 0 Å². The third-order valence-corrected chi connectivity index (χ3v) is 7.11. The number of esters is 2. The van der Waals surface area contributed by atoms with Crippen LogP contribution in [0.1, 0.15) is 155 Å². The topological polar surface area (TPSA) is 119 Å². The Balaban J connectivity index is 4.04. The second-order valence-electron chi connectivity index (χ2n) is 10.4. The lowest BCUT2D eigenvalue weighted by molar-refractivity contribution is -0.161. The van der Waals surface area contributed by atoms with E-state index in [0.29, 0.717) is 6.42 Å². The van der Waals surface area contributed by atoms with Crippen LogP contribution in [0.25, 0.3) is 0 Å². The molecule has 0 saturated carbocycles. The molecule has 0 amide bonds. The van der Waals surface area contributed by atoms with E-state index in [0.717, 1.165) is 38.5 Å². The van der Waals surface area contributed by atoms with Crippen LogP contribution in [-0.2, 0) is 28.2 Å². The van der Waals surface area contributed by atoms with Crippen LogP contribution < -0.4 is 0 Å². The molecule has 0 rings (SSSR count). The first kappa shape index (κ1) is 37.0. The molecule has 8 nitrogen and oxygen atoms in total. The molecule has 0 radical (unpaired) electrons. The van der Waals surface area contributed by atoms with Gasteiger partial charge in [0.2, 0.25) is 0 Å². The number of rotatable bonds is 28. The SMILES string of the molecule is CCCCCCCCCCCCC(=O)OC[C@H](COP(=O)(O)O)OC(=O)CCCCCCCCCCCC. The van der Waals surface area contributed by atoms with Gasteiger partial charge in [0.05, 0.1) is 6.61 Å². The van der Waals surface area contributed by atoms with Crippen molar-refractivity contribution in [3.05, 3.63) is 0 Å². The zero-order valence-corrected chi connectivity index (χ0v) is 25.2. The van der Waals surface area contributed by atoms with Crippen molar-refractivity contribution in [1.82, 2.24) is 0 Å². The number of phosphoric acid groups is 1. The largest absolute Gasteiger partial charge is 0.469 e. The number of hydrogen-bond acceptors (Lipinski definition) is 6. The molecule has 0 aromatic heterocycles. The Hall–Kier alpha value is -0.950. The van der Waals surface area contributed by atoms with Crippen molar-refractivity contribution in [1.29, 1.82) is 0 Å². The normalized spacial score (nSPS) is 12.4. The van der Waals surface area contributed by atoms with Crippen molar-refractivity contribution < 1.29 is 37.9 Å². The first-order valence-corrected chi connectivity index (χ1v) is 16.9. The molecule has 1 atom stereocenters. The molecular formula is C29H57O8P. The van der Waals surface area contributed by atoms with Gasteiger partial charge < -0.3 is 19.3 Å². The lowest BCUT2D eigenvalue weighted by Crippen LogP contribution is -2.29. The standard InChI is InChI=1S/C29H57O8P/c1-3-5-7-9-11-13-15-17-19-21-23-28(30)35-25-27(26-36-38(32,33)34)37-29(31)24-22-20-18-16-14-12-10-8-6-4-2/h27H,3-26H2,1-2H3,(H2,32,33,34)/t27-/m1/s1. The molecular weight excluding hydrogens is 507 g/mol. The first-order chi connectivity index (χ1) is 18.3. The Morgan fingerprint density at radius 1 is 0.579 bits per heavy atom. The molecule has 0 unspecified atom stereocenters. The molecule has 9 heteroatoms. The maximum absolute atomic E-state index is 12.2. The summed E-state index contributed by atoms with van der Waals surface area (Å²) in [6, 6.07) is 0. The van der Waals surface area contributed by atoms with Gasteiger partial charge in [-0.2, -0.15) is 0 Å². The quantitative estimate of drug-likeness (QED) is 0.0555. The lowest BCUT2D eigenvalue weighted by atomic mass is 10.1. The fourth-order valence-corrected chi connectivity index (χ4v) is 4.67. The monoisotopic (exact) mass is 564 g/mol. The summed E-state index contributed by atoms with van der Waals surface area (Å²) in [5.41, 5.74) is 0. The third kappa shape index (κ3) is 28.1. The van der Waals surface area contributed by atoms with E-state index in [-0.39, 0.29) is 19.4 Å². The maximum atomic E-state index is 12.2. The average molecular weight is 565 g/mol. The molecule has 0 heterocycles. The summed E-state index contributed by atoms with van der Waals surface area (Å²) >= 11 is 0. The summed E-state index contributed by atoms with van der Waals surface area (Å²) in [6.45, 7) is 3.62. The fourth-order valence-electron chi connectivity index (χ4n) is 4.31. The first-order valence-electron chi connectivity index (χ1n) is 15.3. The Bertz CT molecular complexity index is 607. The van der Waals surface area contributed by atoms with E-state index in [4.69, 9.17) is 19.3 Å². The van der Waals surface area contributed by atoms with Gasteiger partial charge in [0.1, 0.15) is 6.61 Å². The highest BCUT2D eigenvalue weighted by Crippen LogP contribution is 2.35. The van der Waals surface area contributed by atoms with E-state index in [2.05, 4.69) is 18.4 Å². The van der Waals surface area contributed by atoms with Crippen molar-refractivity contribution in [3.63, 3.8) is 0 Å². The Morgan fingerprint density at radius 3 is 1.34 bits per heavy atom. The van der Waals surface area contributed by atoms with Crippen LogP contribution in [0.5, 0.6) is 0 Å². The molecule has 0 aliphatic heterocycles. The number of ether oxygens (including phenoxy) is 2. The van der Waals surface area contributed by atoms with Gasteiger partial charge in [-0.1, -0.05) is 129 Å². The van der Waals surface area contributed by atoms with Crippen LogP contribution in [0, 0.1) is 0 Å². The van der Waals surface area contributed by atoms with Gasteiger partial charge in [-0.3, -0.25) is 14.1 Å². The molecule has 0 aliphatic carbocycles. The van der Waals surface area contributed by atoms with Crippen molar-refractivity contribution in [2.24, 2.45) is 0 Å². The van der Waals surface area contributed by atoms with Crippen molar-refractivity contribution in [2.75, 3.05) is 13.2 Å². The smallest absolute Gasteiger partial charge is 0.462 e. The number of hydrogen-bond donors (Lipinski definition) is 2. The Morgan fingerprint density at radius 2 is 0.947 bits per heavy atom. The van der Waals surface area contributed by atoms with Gasteiger partial charge in [-0.25, -0.2) is 4.57 Å². The predicted molar refractivity (Wildman–Crippen MR) is 152 cm³/mol. The molecule has 0 aromatic rings. The minimum Gasteiger partial charge on any atom is -0.462 e. The highest BCUT2D eigenvalue weighted by atomic mass is 31.2. The van der Waals surface area contributed by atoms with E-state index in [1.807, 2.05) is 0 Å². The minimum atomic E-state index is -4.73. The molecule has 0 aliphatic rings. The number of carbonyl (C=O) groups excluding carboxylic acids is 2. The predicted octanol–water partition coefficient (Wildman–Crippen LogP) is 8.17. The second-order valence-corrected chi connectivity index (χ2v) is 11.7. The molecule has 0 saturated heterocycles. The van der Waals surface area contributed by atoms with Gasteiger partial charge in [-0.05, 0) is 12.8 Å². The van der Waals surface area contributed by atoms with Crippen LogP contribution >= 0.6 is 7.82 Å². The molecule has 38 heavy (non-hydrogen) atoms. The van der Waals surface area contributed by atoms with E-state index < -0.39 is 32.5 Å². The van der Waals surface area contributed by atoms with E-state index in [9.17, 15) is 14.2 Å². The van der Waals surface area contributed by atoms with E-state index in [1.165, 1.54) is 83.5 Å². The summed E-state index contributed by atoms with van der Waals surface area (Å²) in [4.78, 5) is 42.3. The zero-order valence-electron chi connectivity index (χ0n) is 24.3. The molecule has 0 bridgehead atoms. The van der Waals surface area contributed by atoms with Crippen molar-refractivity contribution in [2.45, 2.75) is 161 Å². The van der Waals surface area contributed by atoms with E-state index >= 15 is 0 Å². The Labute approximate surface area is 232 Å². The second kappa shape index (κ2) is 26.3. The van der Waals surface area contributed by atoms with Crippen LogP contribution in [0.4, 0.5) is 0 Å². The van der Waals surface area contributed by atoms with Gasteiger partial charge >= 0.3 is 19.8 Å². The number of carbonyl (C=O) groups is 2. The summed E-state index contributed by atoms with van der Waals surface area (Å²) in [5, 5.41) is 0. The van der Waals surface area contributed by atoms with Gasteiger partial charge in [-0.15, -0.1) is 0 Å². The lowest BCUT2D eigenvalue weighted by Gasteiger charge is -2.18. The summed E-state index contributed by atoms with van der Waals surface area (Å²) in [7, 11) is -4.73. The summed E-state index contributed by atoms with van der Waals surface area (Å²) < 4.78 is 26.1. The maximum Gasteiger partial charge on any atom is 0.469 e. The average Bonchev–Trinajstić information content (AvgIpc) is 2.87. The van der Waals surface area contributed by atoms with Crippen LogP contribution in [0.3, 0.4) is 0 Å².